The van der Waals surface area contributed by atoms with Crippen LogP contribution in [0.5, 0.6) is 0 Å². The third kappa shape index (κ3) is 4.98. The van der Waals surface area contributed by atoms with Gasteiger partial charge in [0.15, 0.2) is 0 Å². The Morgan fingerprint density at radius 3 is 2.67 bits per heavy atom. The number of nitrogens with zero attached hydrogens (tertiary/aromatic N) is 1. The largest absolute Gasteiger partial charge is 0.398 e. The van der Waals surface area contributed by atoms with E-state index < -0.39 is 0 Å². The molecule has 0 radical (unpaired) electrons. The minimum atomic E-state index is -0.374. The van der Waals surface area contributed by atoms with Crippen LogP contribution in [0.25, 0.3) is 0 Å². The Labute approximate surface area is 122 Å². The summed E-state index contributed by atoms with van der Waals surface area (Å²) in [4.78, 5) is 35.0. The number of anilines is 1. The van der Waals surface area contributed by atoms with Crippen LogP contribution in [0.1, 0.15) is 10.4 Å². The first-order valence-electron chi connectivity index (χ1n) is 6.33. The van der Waals surface area contributed by atoms with Gasteiger partial charge in [-0.1, -0.05) is 12.1 Å². The third-order valence-corrected chi connectivity index (χ3v) is 2.66. The van der Waals surface area contributed by atoms with Gasteiger partial charge in [-0.15, -0.1) is 0 Å². The molecule has 7 heteroatoms. The molecule has 0 bridgehead atoms. The van der Waals surface area contributed by atoms with Crippen molar-refractivity contribution in [2.45, 2.75) is 0 Å². The summed E-state index contributed by atoms with van der Waals surface area (Å²) in [5.41, 5.74) is 6.47. The first kappa shape index (κ1) is 16.2. The summed E-state index contributed by atoms with van der Waals surface area (Å²) in [6.45, 7) is 0.451. The number of nitrogens with one attached hydrogen (secondary N) is 2. The van der Waals surface area contributed by atoms with Gasteiger partial charge in [0.25, 0.3) is 5.91 Å². The number of amides is 3. The number of carbonyl (C=O) groups is 3. The Morgan fingerprint density at radius 2 is 2.05 bits per heavy atom. The summed E-state index contributed by atoms with van der Waals surface area (Å²) >= 11 is 0. The number of urea groups is 1. The highest BCUT2D eigenvalue weighted by Gasteiger charge is 2.11. The van der Waals surface area contributed by atoms with Crippen molar-refractivity contribution >= 4 is 23.9 Å². The number of nitrogen functional groups attached to an aromatic ring is 1. The second kappa shape index (κ2) is 8.36. The Hall–Kier alpha value is -2.83. The van der Waals surface area contributed by atoms with E-state index in [1.165, 1.54) is 24.2 Å². The molecule has 0 heterocycles. The lowest BCUT2D eigenvalue weighted by molar-refractivity contribution is -0.104. The molecule has 4 N–H and O–H groups in total. The lowest BCUT2D eigenvalue weighted by Crippen LogP contribution is -2.39. The van der Waals surface area contributed by atoms with Crippen molar-refractivity contribution in [2.75, 3.05) is 25.9 Å². The first-order chi connectivity index (χ1) is 10.1. The Bertz CT molecular complexity index is 543. The van der Waals surface area contributed by atoms with Crippen LogP contribution in [0.2, 0.25) is 0 Å². The van der Waals surface area contributed by atoms with Gasteiger partial charge in [0.1, 0.15) is 6.29 Å². The van der Waals surface area contributed by atoms with E-state index in [0.717, 1.165) is 0 Å². The fraction of sp³-hybridized carbons (Fsp3) is 0.214. The summed E-state index contributed by atoms with van der Waals surface area (Å²) in [5.74, 6) is -0.315. The van der Waals surface area contributed by atoms with Crippen LogP contribution in [0.4, 0.5) is 10.5 Å². The molecule has 0 aromatic heterocycles. The highest BCUT2D eigenvalue weighted by molar-refractivity contribution is 5.99. The predicted molar refractivity (Wildman–Crippen MR) is 79.6 cm³/mol. The molecule has 1 aromatic carbocycles. The van der Waals surface area contributed by atoms with Crippen molar-refractivity contribution in [3.05, 3.63) is 42.1 Å². The zero-order valence-corrected chi connectivity index (χ0v) is 11.7. The van der Waals surface area contributed by atoms with Gasteiger partial charge in [0.2, 0.25) is 0 Å². The van der Waals surface area contributed by atoms with E-state index in [-0.39, 0.29) is 25.0 Å². The van der Waals surface area contributed by atoms with Crippen LogP contribution in [0, 0.1) is 0 Å². The van der Waals surface area contributed by atoms with Gasteiger partial charge in [-0.3, -0.25) is 14.5 Å². The van der Waals surface area contributed by atoms with Crippen molar-refractivity contribution in [1.29, 1.82) is 0 Å². The average molecular weight is 290 g/mol. The van der Waals surface area contributed by atoms with Crippen molar-refractivity contribution in [1.82, 2.24) is 15.5 Å². The number of hydrogen-bond donors (Lipinski definition) is 3. The van der Waals surface area contributed by atoms with Gasteiger partial charge < -0.3 is 16.4 Å². The van der Waals surface area contributed by atoms with Crippen LogP contribution >= 0.6 is 0 Å². The zero-order valence-electron chi connectivity index (χ0n) is 11.7. The fourth-order valence-corrected chi connectivity index (χ4v) is 1.62. The quantitative estimate of drug-likeness (QED) is 0.399. The van der Waals surface area contributed by atoms with E-state index in [9.17, 15) is 14.4 Å². The monoisotopic (exact) mass is 290 g/mol. The van der Waals surface area contributed by atoms with Crippen molar-refractivity contribution in [3.63, 3.8) is 0 Å². The van der Waals surface area contributed by atoms with Crippen molar-refractivity contribution in [3.8, 4) is 0 Å². The van der Waals surface area contributed by atoms with E-state index in [0.29, 0.717) is 17.5 Å². The molecule has 0 unspecified atom stereocenters. The van der Waals surface area contributed by atoms with E-state index in [1.807, 2.05) is 0 Å². The molecule has 0 aliphatic carbocycles. The van der Waals surface area contributed by atoms with Gasteiger partial charge in [-0.2, -0.15) is 0 Å². The number of aldehydes is 1. The zero-order chi connectivity index (χ0) is 15.7. The topological polar surface area (TPSA) is 105 Å². The SMILES string of the molecule is CNC(=O)N(/C=C\C=O)CCNC(=O)c1ccccc1N. The van der Waals surface area contributed by atoms with Crippen LogP contribution < -0.4 is 16.4 Å². The molecule has 1 aromatic rings. The number of hydrogen-bond acceptors (Lipinski definition) is 4. The third-order valence-electron chi connectivity index (χ3n) is 2.66. The molecule has 0 aliphatic rings. The number of benzene rings is 1. The molecule has 0 fully saturated rings. The normalized spacial score (nSPS) is 10.1. The van der Waals surface area contributed by atoms with E-state index in [1.54, 1.807) is 24.3 Å². The number of allylic oxidation sites excluding steroid dienone is 1. The first-order valence-corrected chi connectivity index (χ1v) is 6.33. The molecule has 0 saturated heterocycles. The number of carbonyl (C=O) groups excluding carboxylic acids is 3. The van der Waals surface area contributed by atoms with Gasteiger partial charge in [0, 0.05) is 32.0 Å². The van der Waals surface area contributed by atoms with Crippen LogP contribution in [0.15, 0.2) is 36.5 Å². The summed E-state index contributed by atoms with van der Waals surface area (Å²) in [6.07, 6.45) is 3.11. The number of para-hydroxylation sites is 1. The molecular weight excluding hydrogens is 272 g/mol. The van der Waals surface area contributed by atoms with E-state index in [4.69, 9.17) is 5.73 Å². The second-order valence-electron chi connectivity index (χ2n) is 4.07. The lowest BCUT2D eigenvalue weighted by Gasteiger charge is -2.17. The van der Waals surface area contributed by atoms with Crippen LogP contribution in [0.3, 0.4) is 0 Å². The maximum absolute atomic E-state index is 11.9. The maximum Gasteiger partial charge on any atom is 0.321 e. The smallest absolute Gasteiger partial charge is 0.321 e. The van der Waals surface area contributed by atoms with Gasteiger partial charge in [0.05, 0.1) is 5.56 Å². The predicted octanol–water partition coefficient (Wildman–Crippen LogP) is 0.353. The van der Waals surface area contributed by atoms with Gasteiger partial charge in [-0.25, -0.2) is 4.79 Å². The average Bonchev–Trinajstić information content (AvgIpc) is 2.50. The highest BCUT2D eigenvalue weighted by atomic mass is 16.2. The van der Waals surface area contributed by atoms with Crippen molar-refractivity contribution in [2.24, 2.45) is 0 Å². The second-order valence-corrected chi connectivity index (χ2v) is 4.07. The molecule has 21 heavy (non-hydrogen) atoms. The summed E-state index contributed by atoms with van der Waals surface area (Å²) in [6, 6.07) is 6.34. The Kier molecular flexibility index (Phi) is 6.46. The minimum absolute atomic E-state index is 0.225. The molecule has 0 aliphatic heterocycles. The Balaban J connectivity index is 2.56. The highest BCUT2D eigenvalue weighted by Crippen LogP contribution is 2.09. The van der Waals surface area contributed by atoms with Crippen molar-refractivity contribution < 1.29 is 14.4 Å². The van der Waals surface area contributed by atoms with Crippen LogP contribution in [-0.4, -0.2) is 43.3 Å². The molecule has 0 spiro atoms. The fourth-order valence-electron chi connectivity index (χ4n) is 1.62. The van der Waals surface area contributed by atoms with E-state index in [2.05, 4.69) is 10.6 Å². The summed E-state index contributed by atoms with van der Waals surface area (Å²) in [7, 11) is 1.48. The molecule has 112 valence electrons. The van der Waals surface area contributed by atoms with Crippen LogP contribution in [-0.2, 0) is 4.79 Å². The number of rotatable bonds is 6. The molecule has 0 saturated carbocycles. The molecule has 0 atom stereocenters. The van der Waals surface area contributed by atoms with Gasteiger partial charge in [-0.05, 0) is 18.2 Å². The van der Waals surface area contributed by atoms with Gasteiger partial charge >= 0.3 is 6.03 Å². The lowest BCUT2D eigenvalue weighted by atomic mass is 10.1. The molecule has 1 rings (SSSR count). The maximum atomic E-state index is 11.9. The molecular formula is C14H18N4O3. The molecule has 7 nitrogen and oxygen atoms in total. The molecule has 3 amide bonds. The summed E-state index contributed by atoms with van der Waals surface area (Å²) < 4.78 is 0. The Morgan fingerprint density at radius 1 is 1.33 bits per heavy atom. The van der Waals surface area contributed by atoms with E-state index >= 15 is 0 Å². The minimum Gasteiger partial charge on any atom is -0.398 e. The summed E-state index contributed by atoms with van der Waals surface area (Å²) in [5, 5.41) is 5.10. The number of nitrogens with two attached hydrogens (primary N) is 1. The standard InChI is InChI=1S/C14H18N4O3/c1-16-14(21)18(8-4-10-19)9-7-17-13(20)11-5-2-3-6-12(11)15/h2-6,8,10H,7,9,15H2,1H3,(H,16,21)(H,17,20)/b8-4-.